The van der Waals surface area contributed by atoms with Crippen LogP contribution in [-0.2, 0) is 11.2 Å². The van der Waals surface area contributed by atoms with Crippen molar-refractivity contribution in [1.29, 1.82) is 0 Å². The second-order valence-corrected chi connectivity index (χ2v) is 5.92. The molecule has 0 spiro atoms. The van der Waals surface area contributed by atoms with Crippen molar-refractivity contribution in [2.45, 2.75) is 57.3 Å². The quantitative estimate of drug-likeness (QED) is 0.820. The zero-order valence-corrected chi connectivity index (χ0v) is 11.4. The van der Waals surface area contributed by atoms with Gasteiger partial charge in [-0.15, -0.1) is 0 Å². The minimum atomic E-state index is -0.0153. The zero-order chi connectivity index (χ0) is 12.6. The number of benzene rings is 1. The van der Waals surface area contributed by atoms with Crippen molar-refractivity contribution in [2.24, 2.45) is 0 Å². The highest BCUT2D eigenvalue weighted by molar-refractivity contribution is 5.32. The maximum atomic E-state index is 6.47. The van der Waals surface area contributed by atoms with Crippen LogP contribution in [0.3, 0.4) is 0 Å². The molecule has 3 unspecified atom stereocenters. The third-order valence-electron chi connectivity index (χ3n) is 4.59. The van der Waals surface area contributed by atoms with Crippen molar-refractivity contribution in [2.75, 3.05) is 6.54 Å². The van der Waals surface area contributed by atoms with Gasteiger partial charge in [-0.05, 0) is 43.7 Å². The number of hydrogen-bond donors (Lipinski definition) is 1. The van der Waals surface area contributed by atoms with E-state index in [1.54, 1.807) is 0 Å². The van der Waals surface area contributed by atoms with E-state index < -0.39 is 0 Å². The molecule has 2 heteroatoms. The van der Waals surface area contributed by atoms with Crippen LogP contribution >= 0.6 is 0 Å². The lowest BCUT2D eigenvalue weighted by Crippen LogP contribution is -2.53. The van der Waals surface area contributed by atoms with Crippen LogP contribution < -0.4 is 5.32 Å². The van der Waals surface area contributed by atoms with E-state index in [1.165, 1.54) is 30.4 Å². The molecule has 3 atom stereocenters. The summed E-state index contributed by atoms with van der Waals surface area (Å²) >= 11 is 0. The number of aryl methyl sites for hydroxylation is 1. The smallest absolute Gasteiger partial charge is 0.0988 e. The third kappa shape index (κ3) is 2.08. The molecule has 1 saturated heterocycles. The van der Waals surface area contributed by atoms with Crippen molar-refractivity contribution in [3.63, 3.8) is 0 Å². The molecule has 2 nitrogen and oxygen atoms in total. The number of hydrogen-bond acceptors (Lipinski definition) is 2. The van der Waals surface area contributed by atoms with Crippen LogP contribution in [0.1, 0.15) is 50.3 Å². The van der Waals surface area contributed by atoms with Crippen LogP contribution in [0.4, 0.5) is 0 Å². The summed E-state index contributed by atoms with van der Waals surface area (Å²) in [4.78, 5) is 0. The molecule has 2 aliphatic rings. The van der Waals surface area contributed by atoms with Gasteiger partial charge < -0.3 is 10.1 Å². The summed E-state index contributed by atoms with van der Waals surface area (Å²) in [5, 5.41) is 3.72. The van der Waals surface area contributed by atoms with Crippen LogP contribution in [0.25, 0.3) is 0 Å². The van der Waals surface area contributed by atoms with E-state index in [0.29, 0.717) is 6.04 Å². The summed E-state index contributed by atoms with van der Waals surface area (Å²) in [6, 6.07) is 9.30. The number of ether oxygens (including phenoxy) is 1. The molecule has 0 bridgehead atoms. The van der Waals surface area contributed by atoms with Crippen LogP contribution in [0.15, 0.2) is 24.3 Å². The number of morpholine rings is 1. The van der Waals surface area contributed by atoms with Gasteiger partial charge in [0.2, 0.25) is 0 Å². The molecule has 0 saturated carbocycles. The molecule has 18 heavy (non-hydrogen) atoms. The summed E-state index contributed by atoms with van der Waals surface area (Å²) in [6.07, 6.45) is 4.97. The van der Waals surface area contributed by atoms with E-state index in [1.807, 2.05) is 0 Å². The van der Waals surface area contributed by atoms with Gasteiger partial charge in [0.15, 0.2) is 0 Å². The third-order valence-corrected chi connectivity index (χ3v) is 4.59. The Balaban J connectivity index is 1.96. The van der Waals surface area contributed by atoms with Crippen LogP contribution in [0.2, 0.25) is 0 Å². The highest BCUT2D eigenvalue weighted by Crippen LogP contribution is 2.38. The monoisotopic (exact) mass is 245 g/mol. The number of fused-ring (bicyclic) bond motifs is 3. The molecule has 0 radical (unpaired) electrons. The Kier molecular flexibility index (Phi) is 3.16. The topological polar surface area (TPSA) is 21.3 Å². The zero-order valence-electron chi connectivity index (χ0n) is 11.4. The Morgan fingerprint density at radius 2 is 2.22 bits per heavy atom. The number of rotatable bonds is 1. The summed E-state index contributed by atoms with van der Waals surface area (Å²) in [5.41, 5.74) is 2.87. The van der Waals surface area contributed by atoms with Gasteiger partial charge in [-0.25, -0.2) is 0 Å². The first-order valence-corrected chi connectivity index (χ1v) is 7.21. The first-order valence-electron chi connectivity index (χ1n) is 7.21. The van der Waals surface area contributed by atoms with Gasteiger partial charge in [0.1, 0.15) is 0 Å². The van der Waals surface area contributed by atoms with Crippen molar-refractivity contribution >= 4 is 0 Å². The van der Waals surface area contributed by atoms with Gasteiger partial charge in [-0.1, -0.05) is 31.2 Å². The largest absolute Gasteiger partial charge is 0.364 e. The standard InChI is InChI=1S/C16H23NO/c1-3-16(2)11-17-14-10-6-8-12-7-4-5-9-13(12)15(14)18-16/h4-5,7,9,14-15,17H,3,6,8,10-11H2,1-2H3. The minimum absolute atomic E-state index is 0.0153. The summed E-state index contributed by atoms with van der Waals surface area (Å²) in [7, 11) is 0. The van der Waals surface area contributed by atoms with Gasteiger partial charge in [0.05, 0.1) is 11.7 Å². The molecular formula is C16H23NO. The molecular weight excluding hydrogens is 222 g/mol. The Hall–Kier alpha value is -0.860. The van der Waals surface area contributed by atoms with Crippen LogP contribution in [-0.4, -0.2) is 18.2 Å². The van der Waals surface area contributed by atoms with Gasteiger partial charge in [0, 0.05) is 12.6 Å². The highest BCUT2D eigenvalue weighted by Gasteiger charge is 2.39. The van der Waals surface area contributed by atoms with Gasteiger partial charge in [-0.2, -0.15) is 0 Å². The SMILES string of the molecule is CCC1(C)CNC2CCCc3ccccc3C2O1. The van der Waals surface area contributed by atoms with E-state index in [0.717, 1.165) is 13.0 Å². The molecule has 3 rings (SSSR count). The van der Waals surface area contributed by atoms with Crippen molar-refractivity contribution < 1.29 is 4.74 Å². The molecule has 1 aliphatic carbocycles. The molecule has 1 fully saturated rings. The lowest BCUT2D eigenvalue weighted by Gasteiger charge is -2.43. The van der Waals surface area contributed by atoms with E-state index in [4.69, 9.17) is 4.74 Å². The van der Waals surface area contributed by atoms with E-state index in [2.05, 4.69) is 43.4 Å². The maximum absolute atomic E-state index is 6.47. The fourth-order valence-corrected chi connectivity index (χ4v) is 3.18. The van der Waals surface area contributed by atoms with Crippen LogP contribution in [0.5, 0.6) is 0 Å². The second-order valence-electron chi connectivity index (χ2n) is 5.92. The van der Waals surface area contributed by atoms with Crippen molar-refractivity contribution in [3.8, 4) is 0 Å². The van der Waals surface area contributed by atoms with Crippen molar-refractivity contribution in [3.05, 3.63) is 35.4 Å². The first-order chi connectivity index (χ1) is 8.72. The van der Waals surface area contributed by atoms with Gasteiger partial charge in [0.25, 0.3) is 0 Å². The van der Waals surface area contributed by atoms with Gasteiger partial charge in [-0.3, -0.25) is 0 Å². The predicted octanol–water partition coefficient (Wildman–Crippen LogP) is 3.22. The van der Waals surface area contributed by atoms with E-state index in [-0.39, 0.29) is 11.7 Å². The maximum Gasteiger partial charge on any atom is 0.0988 e. The Bertz CT molecular complexity index is 431. The van der Waals surface area contributed by atoms with E-state index >= 15 is 0 Å². The molecule has 1 aromatic rings. The fourth-order valence-electron chi connectivity index (χ4n) is 3.18. The summed E-state index contributed by atoms with van der Waals surface area (Å²) in [6.45, 7) is 5.42. The lowest BCUT2D eigenvalue weighted by molar-refractivity contribution is -0.130. The van der Waals surface area contributed by atoms with Gasteiger partial charge >= 0.3 is 0 Å². The summed E-state index contributed by atoms with van der Waals surface area (Å²) in [5.74, 6) is 0. The summed E-state index contributed by atoms with van der Waals surface area (Å²) < 4.78 is 6.47. The Morgan fingerprint density at radius 1 is 1.39 bits per heavy atom. The normalized spacial score (nSPS) is 35.4. The molecule has 1 aliphatic heterocycles. The Morgan fingerprint density at radius 3 is 3.06 bits per heavy atom. The predicted molar refractivity (Wildman–Crippen MR) is 73.7 cm³/mol. The molecule has 1 aromatic carbocycles. The average molecular weight is 245 g/mol. The van der Waals surface area contributed by atoms with Crippen molar-refractivity contribution in [1.82, 2.24) is 5.32 Å². The molecule has 0 aromatic heterocycles. The molecule has 0 amide bonds. The minimum Gasteiger partial charge on any atom is -0.364 e. The second kappa shape index (κ2) is 4.67. The molecule has 98 valence electrons. The highest BCUT2D eigenvalue weighted by atomic mass is 16.5. The fraction of sp³-hybridized carbons (Fsp3) is 0.625. The van der Waals surface area contributed by atoms with E-state index in [9.17, 15) is 0 Å². The lowest BCUT2D eigenvalue weighted by atomic mass is 9.92. The molecule has 1 N–H and O–H groups in total. The Labute approximate surface area is 110 Å². The number of nitrogens with one attached hydrogen (secondary N) is 1. The molecule has 1 heterocycles. The first kappa shape index (κ1) is 12.2. The average Bonchev–Trinajstić information content (AvgIpc) is 2.58. The van der Waals surface area contributed by atoms with Crippen LogP contribution in [0, 0.1) is 0 Å².